The van der Waals surface area contributed by atoms with Crippen LogP contribution in [-0.4, -0.2) is 17.1 Å². The summed E-state index contributed by atoms with van der Waals surface area (Å²) >= 11 is 1.21. The van der Waals surface area contributed by atoms with Gasteiger partial charge in [-0.05, 0) is 42.8 Å². The summed E-state index contributed by atoms with van der Waals surface area (Å²) in [4.78, 5) is 16.7. The Morgan fingerprint density at radius 3 is 2.96 bits per heavy atom. The number of carbonyl (C=O) groups is 1. The molecular formula is C19H15FN2O2S. The molecule has 3 rings (SSSR count). The summed E-state index contributed by atoms with van der Waals surface area (Å²) in [5.41, 5.74) is 1.79. The van der Waals surface area contributed by atoms with Gasteiger partial charge in [0.2, 0.25) is 0 Å². The molecule has 4 nitrogen and oxygen atoms in total. The molecule has 1 aromatic heterocycles. The van der Waals surface area contributed by atoms with Crippen molar-refractivity contribution >= 4 is 27.5 Å². The Morgan fingerprint density at radius 1 is 1.36 bits per heavy atom. The number of aromatic nitrogens is 1. The zero-order chi connectivity index (χ0) is 17.8. The minimum atomic E-state index is -0.431. The van der Waals surface area contributed by atoms with E-state index < -0.39 is 5.91 Å². The van der Waals surface area contributed by atoms with Gasteiger partial charge in [-0.1, -0.05) is 29.4 Å². The van der Waals surface area contributed by atoms with Crippen molar-refractivity contribution in [2.75, 3.05) is 6.61 Å². The number of aryl methyl sites for hydroxylation is 1. The number of benzene rings is 2. The predicted octanol–water partition coefficient (Wildman–Crippen LogP) is 3.29. The van der Waals surface area contributed by atoms with Crippen molar-refractivity contribution in [1.82, 2.24) is 4.57 Å². The van der Waals surface area contributed by atoms with Crippen LogP contribution in [0.3, 0.4) is 0 Å². The first-order chi connectivity index (χ1) is 12.1. The van der Waals surface area contributed by atoms with Gasteiger partial charge in [0.1, 0.15) is 11.6 Å². The van der Waals surface area contributed by atoms with Gasteiger partial charge in [0.15, 0.2) is 11.4 Å². The summed E-state index contributed by atoms with van der Waals surface area (Å²) in [6.07, 6.45) is 5.40. The summed E-state index contributed by atoms with van der Waals surface area (Å²) < 4.78 is 21.3. The van der Waals surface area contributed by atoms with Crippen molar-refractivity contribution in [3.05, 3.63) is 58.6 Å². The lowest BCUT2D eigenvalue weighted by Crippen LogP contribution is -2.19. The van der Waals surface area contributed by atoms with Gasteiger partial charge in [-0.2, -0.15) is 4.99 Å². The molecule has 1 heterocycles. The number of rotatable bonds is 4. The third kappa shape index (κ3) is 3.95. The van der Waals surface area contributed by atoms with E-state index in [0.717, 1.165) is 11.1 Å². The molecule has 126 valence electrons. The van der Waals surface area contributed by atoms with Gasteiger partial charge in [-0.15, -0.1) is 6.42 Å². The molecule has 0 N–H and O–H groups in total. The van der Waals surface area contributed by atoms with Gasteiger partial charge in [0.25, 0.3) is 5.91 Å². The van der Waals surface area contributed by atoms with Crippen LogP contribution in [0, 0.1) is 25.1 Å². The quantitative estimate of drug-likeness (QED) is 0.675. The van der Waals surface area contributed by atoms with E-state index in [2.05, 4.69) is 10.9 Å². The lowest BCUT2D eigenvalue weighted by Gasteiger charge is -2.04. The van der Waals surface area contributed by atoms with Crippen LogP contribution in [-0.2, 0) is 11.3 Å². The van der Waals surface area contributed by atoms with Gasteiger partial charge in [0, 0.05) is 0 Å². The van der Waals surface area contributed by atoms with E-state index in [1.165, 1.54) is 23.5 Å². The van der Waals surface area contributed by atoms with Crippen molar-refractivity contribution in [3.8, 4) is 18.1 Å². The number of thiazole rings is 1. The third-order valence-corrected chi connectivity index (χ3v) is 4.51. The molecule has 3 aromatic rings. The highest BCUT2D eigenvalue weighted by molar-refractivity contribution is 7.16. The second-order valence-corrected chi connectivity index (χ2v) is 6.41. The van der Waals surface area contributed by atoms with Crippen LogP contribution >= 0.6 is 11.3 Å². The Balaban J connectivity index is 1.88. The van der Waals surface area contributed by atoms with Crippen molar-refractivity contribution in [2.24, 2.45) is 4.99 Å². The molecule has 0 aliphatic carbocycles. The molecule has 1 amide bonds. The maximum absolute atomic E-state index is 13.4. The van der Waals surface area contributed by atoms with Crippen LogP contribution < -0.4 is 9.54 Å². The fourth-order valence-corrected chi connectivity index (χ4v) is 3.44. The number of ether oxygens (including phenoxy) is 1. The van der Waals surface area contributed by atoms with Crippen molar-refractivity contribution in [2.45, 2.75) is 13.5 Å². The average Bonchev–Trinajstić information content (AvgIpc) is 2.90. The van der Waals surface area contributed by atoms with E-state index in [4.69, 9.17) is 11.2 Å². The smallest absolute Gasteiger partial charge is 0.286 e. The standard InChI is InChI=1S/C19H15FN2O2S/c1-3-9-22-16-8-7-14(20)11-17(16)25-19(22)21-18(23)12-24-15-6-4-5-13(2)10-15/h1,4-8,10-11H,9,12H2,2H3. The van der Waals surface area contributed by atoms with Crippen LogP contribution in [0.25, 0.3) is 10.2 Å². The van der Waals surface area contributed by atoms with Crippen LogP contribution in [0.4, 0.5) is 4.39 Å². The highest BCUT2D eigenvalue weighted by Gasteiger charge is 2.09. The monoisotopic (exact) mass is 354 g/mol. The van der Waals surface area contributed by atoms with Crippen LogP contribution in [0.5, 0.6) is 5.75 Å². The largest absolute Gasteiger partial charge is 0.484 e. The molecular weight excluding hydrogens is 339 g/mol. The first kappa shape index (κ1) is 16.9. The van der Waals surface area contributed by atoms with Gasteiger partial charge in [-0.3, -0.25) is 4.79 Å². The zero-order valence-electron chi connectivity index (χ0n) is 13.5. The van der Waals surface area contributed by atoms with E-state index in [1.807, 2.05) is 25.1 Å². The minimum Gasteiger partial charge on any atom is -0.484 e. The number of amides is 1. The Bertz CT molecular complexity index is 1040. The topological polar surface area (TPSA) is 43.6 Å². The SMILES string of the molecule is C#CCn1c(=NC(=O)COc2cccc(C)c2)sc2cc(F)ccc21. The summed E-state index contributed by atoms with van der Waals surface area (Å²) in [5, 5.41) is 0. The van der Waals surface area contributed by atoms with E-state index in [0.29, 0.717) is 15.3 Å². The Labute approximate surface area is 148 Å². The molecule has 0 bridgehead atoms. The summed E-state index contributed by atoms with van der Waals surface area (Å²) in [5.74, 6) is 2.36. The maximum atomic E-state index is 13.4. The molecule has 0 fully saturated rings. The zero-order valence-corrected chi connectivity index (χ0v) is 14.3. The molecule has 0 atom stereocenters. The minimum absolute atomic E-state index is 0.178. The van der Waals surface area contributed by atoms with Gasteiger partial charge in [-0.25, -0.2) is 4.39 Å². The number of hydrogen-bond donors (Lipinski definition) is 0. The highest BCUT2D eigenvalue weighted by atomic mass is 32.1. The van der Waals surface area contributed by atoms with Crippen molar-refractivity contribution < 1.29 is 13.9 Å². The number of fused-ring (bicyclic) bond motifs is 1. The van der Waals surface area contributed by atoms with Crippen LogP contribution in [0.1, 0.15) is 5.56 Å². The fourth-order valence-electron chi connectivity index (χ4n) is 2.37. The molecule has 0 saturated heterocycles. The summed E-state index contributed by atoms with van der Waals surface area (Å²) in [7, 11) is 0. The molecule has 0 spiro atoms. The van der Waals surface area contributed by atoms with Crippen molar-refractivity contribution in [3.63, 3.8) is 0 Å². The molecule has 0 aliphatic heterocycles. The van der Waals surface area contributed by atoms with Gasteiger partial charge >= 0.3 is 0 Å². The second-order valence-electron chi connectivity index (χ2n) is 5.40. The van der Waals surface area contributed by atoms with E-state index in [-0.39, 0.29) is 19.0 Å². The summed E-state index contributed by atoms with van der Waals surface area (Å²) in [6.45, 7) is 2.01. The third-order valence-electron chi connectivity index (χ3n) is 3.47. The number of terminal acetylenes is 1. The maximum Gasteiger partial charge on any atom is 0.286 e. The Kier molecular flexibility index (Phi) is 4.96. The van der Waals surface area contributed by atoms with E-state index >= 15 is 0 Å². The van der Waals surface area contributed by atoms with E-state index in [9.17, 15) is 9.18 Å². The second kappa shape index (κ2) is 7.32. The molecule has 0 saturated carbocycles. The highest BCUT2D eigenvalue weighted by Crippen LogP contribution is 2.18. The first-order valence-electron chi connectivity index (χ1n) is 7.56. The van der Waals surface area contributed by atoms with Gasteiger partial charge in [0.05, 0.1) is 16.8 Å². The summed E-state index contributed by atoms with van der Waals surface area (Å²) in [6, 6.07) is 11.8. The number of nitrogens with zero attached hydrogens (tertiary/aromatic N) is 2. The fraction of sp³-hybridized carbons (Fsp3) is 0.158. The average molecular weight is 354 g/mol. The first-order valence-corrected chi connectivity index (χ1v) is 8.38. The van der Waals surface area contributed by atoms with E-state index in [1.54, 1.807) is 16.7 Å². The number of carbonyl (C=O) groups excluding carboxylic acids is 1. The molecule has 25 heavy (non-hydrogen) atoms. The van der Waals surface area contributed by atoms with Crippen LogP contribution in [0.2, 0.25) is 0 Å². The normalized spacial score (nSPS) is 11.5. The molecule has 0 radical (unpaired) electrons. The number of halogens is 1. The lowest BCUT2D eigenvalue weighted by molar-refractivity contribution is -0.120. The van der Waals surface area contributed by atoms with Crippen LogP contribution in [0.15, 0.2) is 47.5 Å². The number of hydrogen-bond acceptors (Lipinski definition) is 3. The van der Waals surface area contributed by atoms with Crippen molar-refractivity contribution in [1.29, 1.82) is 0 Å². The molecule has 6 heteroatoms. The van der Waals surface area contributed by atoms with Gasteiger partial charge < -0.3 is 9.30 Å². The molecule has 0 aliphatic rings. The lowest BCUT2D eigenvalue weighted by atomic mass is 10.2. The predicted molar refractivity (Wildman–Crippen MR) is 95.9 cm³/mol. The Hall–Kier alpha value is -2.91. The Morgan fingerprint density at radius 2 is 2.20 bits per heavy atom. The molecule has 0 unspecified atom stereocenters. The molecule has 2 aromatic carbocycles.